The van der Waals surface area contributed by atoms with Crippen LogP contribution in [0.25, 0.3) is 0 Å². The molecule has 6 heteroatoms. The summed E-state index contributed by atoms with van der Waals surface area (Å²) in [7, 11) is 0. The second-order valence-electron chi connectivity index (χ2n) is 23.1. The first kappa shape index (κ1) is 75.8. The van der Waals surface area contributed by atoms with Gasteiger partial charge in [-0.25, -0.2) is 0 Å². The highest BCUT2D eigenvalue weighted by atomic mass is 16.6. The van der Waals surface area contributed by atoms with Crippen molar-refractivity contribution >= 4 is 17.9 Å². The average Bonchev–Trinajstić information content (AvgIpc) is 3.45. The van der Waals surface area contributed by atoms with Crippen molar-refractivity contribution in [1.82, 2.24) is 0 Å². The lowest BCUT2D eigenvalue weighted by Gasteiger charge is -2.18. The van der Waals surface area contributed by atoms with Crippen molar-refractivity contribution in [2.45, 2.75) is 361 Å². The van der Waals surface area contributed by atoms with Crippen LogP contribution in [0.5, 0.6) is 0 Å². The Morgan fingerprint density at radius 1 is 0.266 bits per heavy atom. The molecule has 1 atom stereocenters. The van der Waals surface area contributed by atoms with Gasteiger partial charge in [0.05, 0.1) is 0 Å². The second-order valence-corrected chi connectivity index (χ2v) is 23.1. The minimum atomic E-state index is -0.781. The summed E-state index contributed by atoms with van der Waals surface area (Å²) in [5, 5.41) is 0. The van der Waals surface area contributed by atoms with Crippen LogP contribution in [0.15, 0.2) is 72.9 Å². The lowest BCUT2D eigenvalue weighted by atomic mass is 10.0. The zero-order valence-corrected chi connectivity index (χ0v) is 52.6. The molecule has 458 valence electrons. The van der Waals surface area contributed by atoms with Crippen LogP contribution >= 0.6 is 0 Å². The predicted molar refractivity (Wildman–Crippen MR) is 344 cm³/mol. The summed E-state index contributed by atoms with van der Waals surface area (Å²) in [5.74, 6) is -0.864. The number of hydrogen-bond donors (Lipinski definition) is 0. The molecule has 0 aliphatic rings. The smallest absolute Gasteiger partial charge is 0.306 e. The summed E-state index contributed by atoms with van der Waals surface area (Å²) in [6.45, 7) is 6.57. The van der Waals surface area contributed by atoms with Crippen LogP contribution in [0.3, 0.4) is 0 Å². The van der Waals surface area contributed by atoms with Gasteiger partial charge in [-0.2, -0.15) is 0 Å². The number of ether oxygens (including phenoxy) is 3. The topological polar surface area (TPSA) is 78.9 Å². The molecular formula is C73H130O6. The van der Waals surface area contributed by atoms with E-state index in [0.717, 1.165) is 96.3 Å². The van der Waals surface area contributed by atoms with Gasteiger partial charge in [0.25, 0.3) is 0 Å². The Hall–Kier alpha value is -3.15. The molecular weight excluding hydrogens is 973 g/mol. The Morgan fingerprint density at radius 3 is 0.772 bits per heavy atom. The molecule has 0 aliphatic carbocycles. The van der Waals surface area contributed by atoms with Crippen molar-refractivity contribution in [2.75, 3.05) is 13.2 Å². The van der Waals surface area contributed by atoms with Crippen LogP contribution in [0.4, 0.5) is 0 Å². The summed E-state index contributed by atoms with van der Waals surface area (Å²) in [6.07, 6.45) is 87.7. The lowest BCUT2D eigenvalue weighted by molar-refractivity contribution is -0.167. The Morgan fingerprint density at radius 2 is 0.494 bits per heavy atom. The van der Waals surface area contributed by atoms with Crippen molar-refractivity contribution in [1.29, 1.82) is 0 Å². The van der Waals surface area contributed by atoms with Gasteiger partial charge in [-0.05, 0) is 89.9 Å². The highest BCUT2D eigenvalue weighted by Gasteiger charge is 2.19. The quantitative estimate of drug-likeness (QED) is 0.0261. The first-order chi connectivity index (χ1) is 39.0. The average molecular weight is 1100 g/mol. The van der Waals surface area contributed by atoms with E-state index in [2.05, 4.69) is 93.7 Å². The molecule has 0 radical (unpaired) electrons. The molecule has 0 aromatic rings. The number of carbonyl (C=O) groups excluding carboxylic acids is 3. The zero-order valence-electron chi connectivity index (χ0n) is 52.6. The fourth-order valence-electron chi connectivity index (χ4n) is 10.1. The first-order valence-corrected chi connectivity index (χ1v) is 34.4. The minimum Gasteiger partial charge on any atom is -0.462 e. The van der Waals surface area contributed by atoms with Gasteiger partial charge in [-0.3, -0.25) is 14.4 Å². The Bertz CT molecular complexity index is 1450. The van der Waals surface area contributed by atoms with E-state index in [0.29, 0.717) is 19.3 Å². The van der Waals surface area contributed by atoms with Crippen LogP contribution < -0.4 is 0 Å². The summed E-state index contributed by atoms with van der Waals surface area (Å²) in [5.41, 5.74) is 0. The summed E-state index contributed by atoms with van der Waals surface area (Å²) in [4.78, 5) is 38.5. The van der Waals surface area contributed by atoms with E-state index in [4.69, 9.17) is 14.2 Å². The van der Waals surface area contributed by atoms with Gasteiger partial charge in [-0.15, -0.1) is 0 Å². The number of esters is 3. The van der Waals surface area contributed by atoms with E-state index in [-0.39, 0.29) is 31.1 Å². The lowest BCUT2D eigenvalue weighted by Crippen LogP contribution is -2.30. The molecule has 0 saturated heterocycles. The summed E-state index contributed by atoms with van der Waals surface area (Å²) < 4.78 is 17.0. The van der Waals surface area contributed by atoms with Crippen molar-refractivity contribution in [3.63, 3.8) is 0 Å². The molecule has 0 aromatic carbocycles. The van der Waals surface area contributed by atoms with Gasteiger partial charge in [0.15, 0.2) is 6.10 Å². The minimum absolute atomic E-state index is 0.0755. The molecule has 0 bridgehead atoms. The van der Waals surface area contributed by atoms with Crippen molar-refractivity contribution < 1.29 is 28.6 Å². The first-order valence-electron chi connectivity index (χ1n) is 34.4. The number of rotatable bonds is 63. The van der Waals surface area contributed by atoms with Crippen LogP contribution in [0, 0.1) is 0 Å². The molecule has 0 rings (SSSR count). The van der Waals surface area contributed by atoms with E-state index >= 15 is 0 Å². The van der Waals surface area contributed by atoms with E-state index < -0.39 is 6.10 Å². The van der Waals surface area contributed by atoms with Gasteiger partial charge in [0.1, 0.15) is 13.2 Å². The Labute approximate surface area is 491 Å². The van der Waals surface area contributed by atoms with Crippen LogP contribution in [-0.2, 0) is 28.6 Å². The van der Waals surface area contributed by atoms with Crippen molar-refractivity contribution in [3.8, 4) is 0 Å². The molecule has 6 nitrogen and oxygen atoms in total. The van der Waals surface area contributed by atoms with E-state index in [9.17, 15) is 14.4 Å². The van der Waals surface area contributed by atoms with Crippen LogP contribution in [0.2, 0.25) is 0 Å². The van der Waals surface area contributed by atoms with Gasteiger partial charge < -0.3 is 14.2 Å². The normalized spacial score (nSPS) is 12.5. The predicted octanol–water partition coefficient (Wildman–Crippen LogP) is 23.7. The number of unbranched alkanes of at least 4 members (excludes halogenated alkanes) is 40. The Kier molecular flexibility index (Phi) is 64.7. The highest BCUT2D eigenvalue weighted by molar-refractivity contribution is 5.71. The maximum absolute atomic E-state index is 13.0. The maximum atomic E-state index is 13.0. The fraction of sp³-hybridized carbons (Fsp3) is 0.795. The Balaban J connectivity index is 4.35. The summed E-state index contributed by atoms with van der Waals surface area (Å²) >= 11 is 0. The van der Waals surface area contributed by atoms with Gasteiger partial charge in [0, 0.05) is 19.3 Å². The molecule has 0 amide bonds. The van der Waals surface area contributed by atoms with Gasteiger partial charge in [-0.1, -0.05) is 318 Å². The van der Waals surface area contributed by atoms with Crippen LogP contribution in [-0.4, -0.2) is 37.2 Å². The maximum Gasteiger partial charge on any atom is 0.306 e. The van der Waals surface area contributed by atoms with Crippen molar-refractivity contribution in [2.24, 2.45) is 0 Å². The largest absolute Gasteiger partial charge is 0.462 e. The highest BCUT2D eigenvalue weighted by Crippen LogP contribution is 2.17. The molecule has 0 saturated carbocycles. The van der Waals surface area contributed by atoms with E-state index in [1.165, 1.54) is 218 Å². The number of hydrogen-bond acceptors (Lipinski definition) is 6. The van der Waals surface area contributed by atoms with E-state index in [1.54, 1.807) is 0 Å². The molecule has 0 spiro atoms. The zero-order chi connectivity index (χ0) is 57.1. The molecule has 0 N–H and O–H groups in total. The standard InChI is InChI=1S/C73H130O6/c1-4-7-10-13-16-19-22-25-28-31-33-35-36-38-39-42-45-48-51-54-57-60-63-66-72(75)78-69-70(68-77-71(74)65-62-59-56-53-50-47-44-41-30-27-24-21-18-15-12-9-6-3)79-73(76)67-64-61-58-55-52-49-46-43-40-37-34-32-29-26-23-20-17-14-11-8-5-2/h8,11,17,20,22,25-26,29,31,33-34,37,70H,4-7,9-10,12-16,18-19,21,23-24,27-28,30,32,35-36,38-69H2,1-3H3/b11-8-,20-17-,25-22-,29-26-,33-31-,37-34-. The third kappa shape index (κ3) is 65.5. The third-order valence-corrected chi connectivity index (χ3v) is 15.2. The van der Waals surface area contributed by atoms with Gasteiger partial charge in [0.2, 0.25) is 0 Å². The third-order valence-electron chi connectivity index (χ3n) is 15.2. The molecule has 1 unspecified atom stereocenters. The molecule has 79 heavy (non-hydrogen) atoms. The molecule has 0 heterocycles. The molecule has 0 aromatic heterocycles. The summed E-state index contributed by atoms with van der Waals surface area (Å²) in [6, 6.07) is 0. The monoisotopic (exact) mass is 1100 g/mol. The molecule has 0 fully saturated rings. The SMILES string of the molecule is CC/C=C\C/C=C\C/C=C\C/C=C\CCCCCCCCCCC(=O)OC(COC(=O)CCCCCCCCCCCCC/C=C\C/C=C\CCCCCCC)COC(=O)CCCCCCCCCCCCCCCCCCC. The van der Waals surface area contributed by atoms with Crippen molar-refractivity contribution in [3.05, 3.63) is 72.9 Å². The second kappa shape index (κ2) is 67.4. The fourth-order valence-corrected chi connectivity index (χ4v) is 10.1. The molecule has 0 aliphatic heterocycles. The number of allylic oxidation sites excluding steroid dienone is 12. The van der Waals surface area contributed by atoms with Gasteiger partial charge >= 0.3 is 17.9 Å². The number of carbonyl (C=O) groups is 3. The van der Waals surface area contributed by atoms with E-state index in [1.807, 2.05) is 0 Å². The van der Waals surface area contributed by atoms with Crippen LogP contribution in [0.1, 0.15) is 355 Å².